The van der Waals surface area contributed by atoms with Crippen LogP contribution in [-0.4, -0.2) is 26.1 Å². The molecule has 2 fully saturated rings. The van der Waals surface area contributed by atoms with E-state index in [9.17, 15) is 4.79 Å². The van der Waals surface area contributed by atoms with Gasteiger partial charge in [0.15, 0.2) is 0 Å². The lowest BCUT2D eigenvalue weighted by Gasteiger charge is -2.31. The van der Waals surface area contributed by atoms with Crippen LogP contribution in [0, 0.1) is 11.8 Å². The third-order valence-electron chi connectivity index (χ3n) is 6.14. The molecular formula is C20H30N2O2. The molecule has 0 heterocycles. The first kappa shape index (κ1) is 17.3. The largest absolute Gasteiger partial charge is 0.497 e. The lowest BCUT2D eigenvalue weighted by atomic mass is 9.78. The molecular weight excluding hydrogens is 300 g/mol. The highest BCUT2D eigenvalue weighted by molar-refractivity contribution is 5.79. The Morgan fingerprint density at radius 3 is 2.79 bits per heavy atom. The Bertz CT molecular complexity index is 567. The predicted octanol–water partition coefficient (Wildman–Crippen LogP) is 3.00. The Kier molecular flexibility index (Phi) is 5.44. The number of hydrogen-bond donors (Lipinski definition) is 2. The van der Waals surface area contributed by atoms with E-state index in [-0.39, 0.29) is 17.2 Å². The van der Waals surface area contributed by atoms with Gasteiger partial charge in [0.25, 0.3) is 0 Å². The van der Waals surface area contributed by atoms with Crippen molar-refractivity contribution in [1.29, 1.82) is 0 Å². The van der Waals surface area contributed by atoms with Gasteiger partial charge in [0, 0.05) is 17.9 Å². The first-order valence-electron chi connectivity index (χ1n) is 9.31. The van der Waals surface area contributed by atoms with Crippen LogP contribution in [0.15, 0.2) is 24.3 Å². The van der Waals surface area contributed by atoms with Crippen molar-refractivity contribution in [2.24, 2.45) is 17.6 Å². The molecule has 0 aromatic heterocycles. The number of hydrogen-bond acceptors (Lipinski definition) is 3. The second-order valence-electron chi connectivity index (χ2n) is 7.47. The monoisotopic (exact) mass is 330 g/mol. The molecule has 0 radical (unpaired) electrons. The molecule has 2 aliphatic rings. The van der Waals surface area contributed by atoms with Gasteiger partial charge >= 0.3 is 0 Å². The van der Waals surface area contributed by atoms with Crippen LogP contribution in [0.5, 0.6) is 5.75 Å². The number of methoxy groups -OCH3 is 1. The Hall–Kier alpha value is -1.55. The van der Waals surface area contributed by atoms with Gasteiger partial charge in [-0.05, 0) is 55.8 Å². The fourth-order valence-corrected chi connectivity index (χ4v) is 4.62. The van der Waals surface area contributed by atoms with E-state index >= 15 is 0 Å². The van der Waals surface area contributed by atoms with Gasteiger partial charge in [-0.3, -0.25) is 4.79 Å². The van der Waals surface area contributed by atoms with E-state index in [1.54, 1.807) is 7.11 Å². The number of carbonyl (C=O) groups is 1. The summed E-state index contributed by atoms with van der Waals surface area (Å²) in [4.78, 5) is 12.7. The molecule has 3 N–H and O–H groups in total. The van der Waals surface area contributed by atoms with Gasteiger partial charge in [-0.15, -0.1) is 0 Å². The van der Waals surface area contributed by atoms with Gasteiger partial charge in [0.1, 0.15) is 5.75 Å². The minimum atomic E-state index is 0.0566. The minimum Gasteiger partial charge on any atom is -0.497 e. The van der Waals surface area contributed by atoms with Gasteiger partial charge in [-0.2, -0.15) is 0 Å². The summed E-state index contributed by atoms with van der Waals surface area (Å²) in [6.45, 7) is 1.35. The number of ether oxygens (including phenoxy) is 1. The second kappa shape index (κ2) is 7.56. The third-order valence-corrected chi connectivity index (χ3v) is 6.14. The Balaban J connectivity index is 1.71. The zero-order valence-corrected chi connectivity index (χ0v) is 14.7. The molecule has 0 bridgehead atoms. The SMILES string of the molecule is COc1cccc(C2(CNC(=O)[C@@H]3CCC[C@@H]3CN)CCCC2)c1. The molecule has 132 valence electrons. The lowest BCUT2D eigenvalue weighted by Crippen LogP contribution is -2.43. The molecule has 0 saturated heterocycles. The van der Waals surface area contributed by atoms with Crippen LogP contribution in [0.2, 0.25) is 0 Å². The van der Waals surface area contributed by atoms with E-state index in [1.165, 1.54) is 18.4 Å². The molecule has 2 saturated carbocycles. The van der Waals surface area contributed by atoms with E-state index in [0.29, 0.717) is 12.5 Å². The lowest BCUT2D eigenvalue weighted by molar-refractivity contribution is -0.126. The quantitative estimate of drug-likeness (QED) is 0.843. The van der Waals surface area contributed by atoms with Crippen molar-refractivity contribution in [1.82, 2.24) is 5.32 Å². The molecule has 0 spiro atoms. The number of nitrogens with two attached hydrogens (primary N) is 1. The van der Waals surface area contributed by atoms with Crippen molar-refractivity contribution in [3.63, 3.8) is 0 Å². The Morgan fingerprint density at radius 1 is 1.29 bits per heavy atom. The van der Waals surface area contributed by atoms with Crippen molar-refractivity contribution >= 4 is 5.91 Å². The smallest absolute Gasteiger partial charge is 0.223 e. The van der Waals surface area contributed by atoms with E-state index in [2.05, 4.69) is 23.5 Å². The standard InChI is InChI=1S/C20H30N2O2/c1-24-17-8-5-7-16(12-17)20(10-2-3-11-20)14-22-19(23)18-9-4-6-15(18)13-21/h5,7-8,12,15,18H,2-4,6,9-11,13-14,21H2,1H3,(H,22,23)/t15-,18-/m1/s1. The maximum absolute atomic E-state index is 12.7. The van der Waals surface area contributed by atoms with E-state index in [1.807, 2.05) is 6.07 Å². The van der Waals surface area contributed by atoms with Crippen molar-refractivity contribution in [2.45, 2.75) is 50.4 Å². The summed E-state index contributed by atoms with van der Waals surface area (Å²) in [5.74, 6) is 1.57. The van der Waals surface area contributed by atoms with Crippen molar-refractivity contribution in [2.75, 3.05) is 20.2 Å². The van der Waals surface area contributed by atoms with Crippen LogP contribution in [-0.2, 0) is 10.2 Å². The van der Waals surface area contributed by atoms with Crippen LogP contribution >= 0.6 is 0 Å². The van der Waals surface area contributed by atoms with E-state index in [0.717, 1.165) is 44.4 Å². The maximum atomic E-state index is 12.7. The molecule has 1 aromatic rings. The Labute approximate surface area is 145 Å². The average Bonchev–Trinajstić information content (AvgIpc) is 3.29. The van der Waals surface area contributed by atoms with Crippen LogP contribution in [0.1, 0.15) is 50.5 Å². The van der Waals surface area contributed by atoms with Crippen LogP contribution in [0.4, 0.5) is 0 Å². The van der Waals surface area contributed by atoms with Crippen LogP contribution < -0.4 is 15.8 Å². The highest BCUT2D eigenvalue weighted by Gasteiger charge is 2.38. The molecule has 2 aliphatic carbocycles. The van der Waals surface area contributed by atoms with Gasteiger partial charge in [-0.1, -0.05) is 31.4 Å². The molecule has 24 heavy (non-hydrogen) atoms. The van der Waals surface area contributed by atoms with Crippen molar-refractivity contribution < 1.29 is 9.53 Å². The van der Waals surface area contributed by atoms with Gasteiger partial charge in [0.05, 0.1) is 7.11 Å². The zero-order chi connectivity index (χ0) is 17.0. The molecule has 0 unspecified atom stereocenters. The number of carbonyl (C=O) groups excluding carboxylic acids is 1. The predicted molar refractivity (Wildman–Crippen MR) is 96.0 cm³/mol. The first-order chi connectivity index (χ1) is 11.7. The highest BCUT2D eigenvalue weighted by atomic mass is 16.5. The number of amides is 1. The summed E-state index contributed by atoms with van der Waals surface area (Å²) in [6.07, 6.45) is 7.91. The maximum Gasteiger partial charge on any atom is 0.223 e. The summed E-state index contributed by atoms with van der Waals surface area (Å²) in [5.41, 5.74) is 7.18. The minimum absolute atomic E-state index is 0.0566. The molecule has 4 nitrogen and oxygen atoms in total. The van der Waals surface area contributed by atoms with Gasteiger partial charge in [-0.25, -0.2) is 0 Å². The van der Waals surface area contributed by atoms with Crippen molar-refractivity contribution in [3.05, 3.63) is 29.8 Å². The molecule has 1 amide bonds. The number of rotatable bonds is 6. The zero-order valence-electron chi connectivity index (χ0n) is 14.7. The molecule has 2 atom stereocenters. The number of benzene rings is 1. The van der Waals surface area contributed by atoms with Crippen molar-refractivity contribution in [3.8, 4) is 5.75 Å². The van der Waals surface area contributed by atoms with E-state index < -0.39 is 0 Å². The summed E-state index contributed by atoms with van der Waals surface area (Å²) in [6, 6.07) is 8.35. The van der Waals surface area contributed by atoms with Crippen LogP contribution in [0.3, 0.4) is 0 Å². The number of nitrogens with one attached hydrogen (secondary N) is 1. The normalized spacial score (nSPS) is 25.6. The van der Waals surface area contributed by atoms with Gasteiger partial charge in [0.2, 0.25) is 5.91 Å². The Morgan fingerprint density at radius 2 is 2.08 bits per heavy atom. The fraction of sp³-hybridized carbons (Fsp3) is 0.650. The second-order valence-corrected chi connectivity index (χ2v) is 7.47. The third kappa shape index (κ3) is 3.44. The topological polar surface area (TPSA) is 64.3 Å². The molecule has 1 aromatic carbocycles. The molecule has 4 heteroatoms. The molecule has 0 aliphatic heterocycles. The van der Waals surface area contributed by atoms with Crippen LogP contribution in [0.25, 0.3) is 0 Å². The van der Waals surface area contributed by atoms with E-state index in [4.69, 9.17) is 10.5 Å². The summed E-state index contributed by atoms with van der Waals surface area (Å²) >= 11 is 0. The summed E-state index contributed by atoms with van der Waals surface area (Å²) < 4.78 is 5.39. The summed E-state index contributed by atoms with van der Waals surface area (Å²) in [5, 5.41) is 3.27. The summed E-state index contributed by atoms with van der Waals surface area (Å²) in [7, 11) is 1.70. The fourth-order valence-electron chi connectivity index (χ4n) is 4.62. The highest BCUT2D eigenvalue weighted by Crippen LogP contribution is 2.42. The average molecular weight is 330 g/mol. The van der Waals surface area contributed by atoms with Gasteiger partial charge < -0.3 is 15.8 Å². The first-order valence-corrected chi connectivity index (χ1v) is 9.31. The molecule has 3 rings (SSSR count).